The summed E-state index contributed by atoms with van der Waals surface area (Å²) in [4.78, 5) is 18.3. The van der Waals surface area contributed by atoms with E-state index in [1.54, 1.807) is 21.7 Å². The first kappa shape index (κ1) is 15.4. The van der Waals surface area contributed by atoms with E-state index in [4.69, 9.17) is 0 Å². The summed E-state index contributed by atoms with van der Waals surface area (Å²) in [6, 6.07) is 8.86. The van der Waals surface area contributed by atoms with Crippen molar-refractivity contribution >= 4 is 28.7 Å². The molecule has 1 aromatic carbocycles. The van der Waals surface area contributed by atoms with Crippen LogP contribution in [0.5, 0.6) is 0 Å². The summed E-state index contributed by atoms with van der Waals surface area (Å²) in [6.45, 7) is 2.28. The van der Waals surface area contributed by atoms with Gasteiger partial charge < -0.3 is 0 Å². The first-order valence-corrected chi connectivity index (χ1v) is 8.92. The minimum Gasteiger partial charge on any atom is -0.287 e. The fourth-order valence-electron chi connectivity index (χ4n) is 2.74. The number of hydrogen-bond acceptors (Lipinski definition) is 4. The monoisotopic (exact) mass is 344 g/mol. The fraction of sp³-hybridized carbons (Fsp3) is 0.353. The number of benzene rings is 1. The van der Waals surface area contributed by atoms with Crippen LogP contribution in [0, 0.1) is 12.7 Å². The minimum atomic E-state index is -0.239. The Morgan fingerprint density at radius 2 is 2.17 bits per heavy atom. The minimum absolute atomic E-state index is 0.128. The number of aryl methyl sites for hydroxylation is 1. The zero-order chi connectivity index (χ0) is 16.7. The van der Waals surface area contributed by atoms with Crippen molar-refractivity contribution in [1.29, 1.82) is 0 Å². The second kappa shape index (κ2) is 6.05. The standard InChI is InChI=1S/C17H17FN4OS/c1-11-8-15(19-17-22(13-6-7-13)16(23)10-24-17)20-21(11)9-12-4-2-3-5-14(12)18/h2-5,8,13H,6-7,9-10H2,1H3. The molecule has 1 saturated heterocycles. The van der Waals surface area contributed by atoms with Gasteiger partial charge in [-0.15, -0.1) is 0 Å². The maximum Gasteiger partial charge on any atom is 0.239 e. The lowest BCUT2D eigenvalue weighted by Gasteiger charge is -2.13. The van der Waals surface area contributed by atoms with Crippen molar-refractivity contribution in [2.24, 2.45) is 4.99 Å². The van der Waals surface area contributed by atoms with Crippen molar-refractivity contribution in [3.05, 3.63) is 47.4 Å². The Kier molecular flexibility index (Phi) is 3.88. The Morgan fingerprint density at radius 3 is 2.92 bits per heavy atom. The van der Waals surface area contributed by atoms with E-state index >= 15 is 0 Å². The van der Waals surface area contributed by atoms with Crippen LogP contribution >= 0.6 is 11.8 Å². The van der Waals surface area contributed by atoms with Crippen LogP contribution in [0.3, 0.4) is 0 Å². The lowest BCUT2D eigenvalue weighted by atomic mass is 10.2. The highest BCUT2D eigenvalue weighted by Gasteiger charge is 2.40. The number of thioether (sulfide) groups is 1. The molecular weight excluding hydrogens is 327 g/mol. The van der Waals surface area contributed by atoms with Crippen LogP contribution < -0.4 is 0 Å². The van der Waals surface area contributed by atoms with Crippen molar-refractivity contribution < 1.29 is 9.18 Å². The number of halogens is 1. The third-order valence-electron chi connectivity index (χ3n) is 4.17. The molecule has 1 aliphatic carbocycles. The number of aliphatic imine (C=N–C) groups is 1. The molecule has 1 aromatic heterocycles. The van der Waals surface area contributed by atoms with Gasteiger partial charge in [-0.05, 0) is 25.8 Å². The van der Waals surface area contributed by atoms with Gasteiger partial charge in [-0.3, -0.25) is 14.4 Å². The molecule has 0 spiro atoms. The third-order valence-corrected chi connectivity index (χ3v) is 5.11. The maximum atomic E-state index is 13.8. The molecule has 24 heavy (non-hydrogen) atoms. The molecular formula is C17H17FN4OS. The lowest BCUT2D eigenvalue weighted by molar-refractivity contribution is -0.124. The first-order chi connectivity index (χ1) is 11.6. The Bertz CT molecular complexity index is 828. The van der Waals surface area contributed by atoms with Gasteiger partial charge in [0.25, 0.3) is 0 Å². The molecule has 0 atom stereocenters. The van der Waals surface area contributed by atoms with Crippen molar-refractivity contribution in [3.8, 4) is 0 Å². The lowest BCUT2D eigenvalue weighted by Crippen LogP contribution is -2.31. The zero-order valence-electron chi connectivity index (χ0n) is 13.3. The molecule has 0 bridgehead atoms. The van der Waals surface area contributed by atoms with Crippen LogP contribution in [0.4, 0.5) is 10.2 Å². The molecule has 5 nitrogen and oxygen atoms in total. The van der Waals surface area contributed by atoms with Gasteiger partial charge in [-0.25, -0.2) is 9.38 Å². The van der Waals surface area contributed by atoms with Crippen LogP contribution in [0.15, 0.2) is 35.3 Å². The molecule has 1 saturated carbocycles. The van der Waals surface area contributed by atoms with Crippen LogP contribution in [-0.2, 0) is 11.3 Å². The number of amidine groups is 1. The predicted octanol–water partition coefficient (Wildman–Crippen LogP) is 3.10. The Balaban J connectivity index is 1.58. The molecule has 4 rings (SSSR count). The third kappa shape index (κ3) is 2.96. The van der Waals surface area contributed by atoms with Gasteiger partial charge in [0.15, 0.2) is 11.0 Å². The molecule has 1 amide bonds. The predicted molar refractivity (Wildman–Crippen MR) is 91.9 cm³/mol. The van der Waals surface area contributed by atoms with E-state index in [9.17, 15) is 9.18 Å². The van der Waals surface area contributed by atoms with Crippen LogP contribution in [0.25, 0.3) is 0 Å². The summed E-state index contributed by atoms with van der Waals surface area (Å²) in [6.07, 6.45) is 2.10. The zero-order valence-corrected chi connectivity index (χ0v) is 14.1. The smallest absolute Gasteiger partial charge is 0.239 e. The van der Waals surface area contributed by atoms with E-state index in [-0.39, 0.29) is 11.7 Å². The molecule has 0 N–H and O–H groups in total. The van der Waals surface area contributed by atoms with Crippen LogP contribution in [0.2, 0.25) is 0 Å². The molecule has 1 aliphatic heterocycles. The summed E-state index contributed by atoms with van der Waals surface area (Å²) >= 11 is 1.46. The van der Waals surface area contributed by atoms with Gasteiger partial charge in [-0.1, -0.05) is 30.0 Å². The highest BCUT2D eigenvalue weighted by atomic mass is 32.2. The van der Waals surface area contributed by atoms with Gasteiger partial charge in [-0.2, -0.15) is 5.10 Å². The van der Waals surface area contributed by atoms with E-state index in [2.05, 4.69) is 10.1 Å². The van der Waals surface area contributed by atoms with E-state index in [0.29, 0.717) is 29.7 Å². The molecule has 0 radical (unpaired) electrons. The van der Waals surface area contributed by atoms with Crippen molar-refractivity contribution in [2.45, 2.75) is 32.4 Å². The topological polar surface area (TPSA) is 50.5 Å². The molecule has 2 aromatic rings. The van der Waals surface area contributed by atoms with Gasteiger partial charge in [0.2, 0.25) is 5.91 Å². The highest BCUT2D eigenvalue weighted by Crippen LogP contribution is 2.34. The molecule has 2 aliphatic rings. The average Bonchev–Trinajstić information content (AvgIpc) is 3.24. The number of amides is 1. The summed E-state index contributed by atoms with van der Waals surface area (Å²) in [5.41, 5.74) is 1.50. The Morgan fingerprint density at radius 1 is 1.38 bits per heavy atom. The van der Waals surface area contributed by atoms with Gasteiger partial charge in [0.05, 0.1) is 12.3 Å². The number of carbonyl (C=O) groups is 1. The van der Waals surface area contributed by atoms with E-state index in [0.717, 1.165) is 23.7 Å². The number of hydrogen-bond donors (Lipinski definition) is 0. The van der Waals surface area contributed by atoms with Gasteiger partial charge in [0.1, 0.15) is 5.82 Å². The van der Waals surface area contributed by atoms with Crippen LogP contribution in [0.1, 0.15) is 24.1 Å². The number of carbonyl (C=O) groups excluding carboxylic acids is 1. The molecule has 0 unspecified atom stereocenters. The molecule has 2 fully saturated rings. The van der Waals surface area contributed by atoms with Gasteiger partial charge >= 0.3 is 0 Å². The van der Waals surface area contributed by atoms with E-state index in [1.807, 2.05) is 19.1 Å². The van der Waals surface area contributed by atoms with Crippen molar-refractivity contribution in [3.63, 3.8) is 0 Å². The molecule has 7 heteroatoms. The second-order valence-corrected chi connectivity index (χ2v) is 7.01. The van der Waals surface area contributed by atoms with Crippen molar-refractivity contribution in [1.82, 2.24) is 14.7 Å². The summed E-state index contributed by atoms with van der Waals surface area (Å²) in [7, 11) is 0. The van der Waals surface area contributed by atoms with Crippen LogP contribution in [-0.4, -0.2) is 37.5 Å². The number of rotatable bonds is 4. The maximum absolute atomic E-state index is 13.8. The van der Waals surface area contributed by atoms with E-state index in [1.165, 1.54) is 17.8 Å². The Hall–Kier alpha value is -2.15. The number of aromatic nitrogens is 2. The Labute approximate surface area is 143 Å². The average molecular weight is 344 g/mol. The summed E-state index contributed by atoms with van der Waals surface area (Å²) < 4.78 is 15.6. The summed E-state index contributed by atoms with van der Waals surface area (Å²) in [5, 5.41) is 5.19. The second-order valence-electron chi connectivity index (χ2n) is 6.07. The van der Waals surface area contributed by atoms with E-state index < -0.39 is 0 Å². The summed E-state index contributed by atoms with van der Waals surface area (Å²) in [5.74, 6) is 0.900. The normalized spacial score (nSPS) is 19.5. The molecule has 2 heterocycles. The highest BCUT2D eigenvalue weighted by molar-refractivity contribution is 8.15. The van der Waals surface area contributed by atoms with Gasteiger partial charge in [0, 0.05) is 23.4 Å². The quantitative estimate of drug-likeness (QED) is 0.856. The van der Waals surface area contributed by atoms with Crippen molar-refractivity contribution in [2.75, 3.05) is 5.75 Å². The first-order valence-electron chi connectivity index (χ1n) is 7.93. The molecule has 124 valence electrons. The fourth-order valence-corrected chi connectivity index (χ4v) is 3.68. The SMILES string of the molecule is Cc1cc(N=C2SCC(=O)N2C2CC2)nn1Cc1ccccc1F. The largest absolute Gasteiger partial charge is 0.287 e. The number of nitrogens with zero attached hydrogens (tertiary/aromatic N) is 4.